The van der Waals surface area contributed by atoms with Gasteiger partial charge in [-0.15, -0.1) is 0 Å². The lowest BCUT2D eigenvalue weighted by Crippen LogP contribution is -2.45. The van der Waals surface area contributed by atoms with Crippen molar-refractivity contribution in [3.05, 3.63) is 28.8 Å². The van der Waals surface area contributed by atoms with Gasteiger partial charge in [0.25, 0.3) is 0 Å². The average molecular weight is 230 g/mol. The Bertz CT molecular complexity index is 439. The topological polar surface area (TPSA) is 15.3 Å². The molecular formula is C15H22N2. The molecule has 0 amide bonds. The quantitative estimate of drug-likeness (QED) is 0.736. The molecule has 2 heterocycles. The van der Waals surface area contributed by atoms with Gasteiger partial charge in [-0.25, -0.2) is 0 Å². The van der Waals surface area contributed by atoms with E-state index in [2.05, 4.69) is 43.2 Å². The number of rotatable bonds is 0. The van der Waals surface area contributed by atoms with Crippen LogP contribution in [0.2, 0.25) is 0 Å². The number of anilines is 1. The molecule has 0 radical (unpaired) electrons. The molecule has 2 aliphatic rings. The maximum absolute atomic E-state index is 3.54. The Hall–Kier alpha value is -1.02. The van der Waals surface area contributed by atoms with E-state index in [4.69, 9.17) is 0 Å². The highest BCUT2D eigenvalue weighted by atomic mass is 15.1. The maximum Gasteiger partial charge on any atom is 0.0431 e. The number of hydrogen-bond acceptors (Lipinski definition) is 2. The molecule has 2 nitrogen and oxygen atoms in total. The van der Waals surface area contributed by atoms with Gasteiger partial charge in [0.1, 0.15) is 0 Å². The molecule has 0 aromatic heterocycles. The highest BCUT2D eigenvalue weighted by Gasteiger charge is 2.35. The molecule has 1 aromatic rings. The molecule has 3 rings (SSSR count). The van der Waals surface area contributed by atoms with E-state index in [-0.39, 0.29) is 0 Å². The molecule has 2 atom stereocenters. The number of fused-ring (bicyclic) bond motifs is 3. The SMILES string of the molecule is Cc1ccc(C)c2c1C1CCNCC1CN2C. The monoisotopic (exact) mass is 230 g/mol. The second kappa shape index (κ2) is 4.02. The summed E-state index contributed by atoms with van der Waals surface area (Å²) in [7, 11) is 2.25. The lowest BCUT2D eigenvalue weighted by atomic mass is 9.75. The van der Waals surface area contributed by atoms with Crippen LogP contribution < -0.4 is 10.2 Å². The highest BCUT2D eigenvalue weighted by Crippen LogP contribution is 2.44. The van der Waals surface area contributed by atoms with Crippen molar-refractivity contribution in [3.63, 3.8) is 0 Å². The number of hydrogen-bond donors (Lipinski definition) is 1. The van der Waals surface area contributed by atoms with Gasteiger partial charge >= 0.3 is 0 Å². The lowest BCUT2D eigenvalue weighted by molar-refractivity contribution is 0.317. The van der Waals surface area contributed by atoms with Crippen molar-refractivity contribution < 1.29 is 0 Å². The van der Waals surface area contributed by atoms with Crippen LogP contribution in [0, 0.1) is 19.8 Å². The van der Waals surface area contributed by atoms with Gasteiger partial charge in [-0.1, -0.05) is 12.1 Å². The van der Waals surface area contributed by atoms with E-state index in [0.717, 1.165) is 11.8 Å². The van der Waals surface area contributed by atoms with Gasteiger partial charge in [-0.05, 0) is 55.3 Å². The van der Waals surface area contributed by atoms with Crippen LogP contribution in [-0.2, 0) is 0 Å². The Kier molecular flexibility index (Phi) is 2.62. The average Bonchev–Trinajstić information content (AvgIpc) is 2.33. The summed E-state index contributed by atoms with van der Waals surface area (Å²) in [4.78, 5) is 2.46. The van der Waals surface area contributed by atoms with Gasteiger partial charge in [-0.3, -0.25) is 0 Å². The van der Waals surface area contributed by atoms with Gasteiger partial charge < -0.3 is 10.2 Å². The summed E-state index contributed by atoms with van der Waals surface area (Å²) in [6, 6.07) is 4.57. The molecule has 1 N–H and O–H groups in total. The van der Waals surface area contributed by atoms with E-state index >= 15 is 0 Å². The first-order valence-electron chi connectivity index (χ1n) is 6.70. The minimum atomic E-state index is 0.780. The van der Waals surface area contributed by atoms with Crippen LogP contribution in [0.25, 0.3) is 0 Å². The number of piperidine rings is 1. The predicted octanol–water partition coefficient (Wildman–Crippen LogP) is 2.45. The van der Waals surface area contributed by atoms with E-state index in [1.165, 1.54) is 42.9 Å². The van der Waals surface area contributed by atoms with Gasteiger partial charge in [0, 0.05) is 25.8 Å². The van der Waals surface area contributed by atoms with E-state index in [1.54, 1.807) is 5.56 Å². The third-order valence-electron chi connectivity index (χ3n) is 4.51. The first-order valence-corrected chi connectivity index (χ1v) is 6.70. The lowest BCUT2D eigenvalue weighted by Gasteiger charge is -2.43. The van der Waals surface area contributed by atoms with Crippen molar-refractivity contribution in [1.82, 2.24) is 5.32 Å². The van der Waals surface area contributed by atoms with E-state index < -0.39 is 0 Å². The van der Waals surface area contributed by atoms with Crippen LogP contribution >= 0.6 is 0 Å². The van der Waals surface area contributed by atoms with Crippen molar-refractivity contribution in [1.29, 1.82) is 0 Å². The van der Waals surface area contributed by atoms with Gasteiger partial charge in [0.05, 0.1) is 0 Å². The predicted molar refractivity (Wildman–Crippen MR) is 72.9 cm³/mol. The molecular weight excluding hydrogens is 208 g/mol. The van der Waals surface area contributed by atoms with Crippen LogP contribution in [0.4, 0.5) is 5.69 Å². The number of aryl methyl sites for hydroxylation is 2. The van der Waals surface area contributed by atoms with E-state index in [0.29, 0.717) is 0 Å². The molecule has 0 saturated carbocycles. The zero-order valence-electron chi connectivity index (χ0n) is 11.1. The second-order valence-corrected chi connectivity index (χ2v) is 5.70. The summed E-state index contributed by atoms with van der Waals surface area (Å²) in [6.45, 7) is 8.08. The summed E-state index contributed by atoms with van der Waals surface area (Å²) in [5.41, 5.74) is 6.05. The van der Waals surface area contributed by atoms with Crippen molar-refractivity contribution in [2.24, 2.45) is 5.92 Å². The van der Waals surface area contributed by atoms with Crippen LogP contribution in [0.15, 0.2) is 12.1 Å². The van der Waals surface area contributed by atoms with Crippen molar-refractivity contribution in [2.45, 2.75) is 26.2 Å². The Labute approximate surface area is 104 Å². The number of nitrogens with zero attached hydrogens (tertiary/aromatic N) is 1. The molecule has 92 valence electrons. The Morgan fingerprint density at radius 2 is 2.00 bits per heavy atom. The molecule has 2 heteroatoms. The summed E-state index contributed by atoms with van der Waals surface area (Å²) < 4.78 is 0. The summed E-state index contributed by atoms with van der Waals surface area (Å²) in [5.74, 6) is 1.57. The van der Waals surface area contributed by atoms with Crippen LogP contribution in [0.1, 0.15) is 29.0 Å². The van der Waals surface area contributed by atoms with Crippen LogP contribution in [-0.4, -0.2) is 26.7 Å². The fourth-order valence-electron chi connectivity index (χ4n) is 3.73. The fraction of sp³-hybridized carbons (Fsp3) is 0.600. The summed E-state index contributed by atoms with van der Waals surface area (Å²) >= 11 is 0. The van der Waals surface area contributed by atoms with E-state index in [1.807, 2.05) is 0 Å². The molecule has 2 aliphatic heterocycles. The van der Waals surface area contributed by atoms with Gasteiger partial charge in [-0.2, -0.15) is 0 Å². The van der Waals surface area contributed by atoms with Gasteiger partial charge in [0.2, 0.25) is 0 Å². The molecule has 0 bridgehead atoms. The third kappa shape index (κ3) is 1.66. The van der Waals surface area contributed by atoms with Crippen LogP contribution in [0.5, 0.6) is 0 Å². The zero-order chi connectivity index (χ0) is 12.0. The molecule has 1 fully saturated rings. The number of nitrogens with one attached hydrogen (secondary N) is 1. The number of benzene rings is 1. The van der Waals surface area contributed by atoms with Gasteiger partial charge in [0.15, 0.2) is 0 Å². The standard InChI is InChI=1S/C15H22N2/c1-10-4-5-11(2)15-14(10)13-6-7-16-8-12(13)9-17(15)3/h4-5,12-13,16H,6-9H2,1-3H3. The molecule has 2 unspecified atom stereocenters. The zero-order valence-corrected chi connectivity index (χ0v) is 11.1. The Balaban J connectivity index is 2.14. The summed E-state index contributed by atoms with van der Waals surface area (Å²) in [5, 5.41) is 3.54. The minimum Gasteiger partial charge on any atom is -0.374 e. The second-order valence-electron chi connectivity index (χ2n) is 5.70. The Morgan fingerprint density at radius 3 is 2.82 bits per heavy atom. The largest absolute Gasteiger partial charge is 0.374 e. The maximum atomic E-state index is 3.54. The van der Waals surface area contributed by atoms with Crippen molar-refractivity contribution in [3.8, 4) is 0 Å². The molecule has 0 aliphatic carbocycles. The van der Waals surface area contributed by atoms with Crippen molar-refractivity contribution >= 4 is 5.69 Å². The third-order valence-corrected chi connectivity index (χ3v) is 4.51. The summed E-state index contributed by atoms with van der Waals surface area (Å²) in [6.07, 6.45) is 1.30. The fourth-order valence-corrected chi connectivity index (χ4v) is 3.73. The van der Waals surface area contributed by atoms with Crippen molar-refractivity contribution in [2.75, 3.05) is 31.6 Å². The van der Waals surface area contributed by atoms with Crippen LogP contribution in [0.3, 0.4) is 0 Å². The minimum absolute atomic E-state index is 0.780. The Morgan fingerprint density at radius 1 is 1.24 bits per heavy atom. The molecule has 1 saturated heterocycles. The smallest absolute Gasteiger partial charge is 0.0431 e. The molecule has 0 spiro atoms. The molecule has 1 aromatic carbocycles. The molecule has 17 heavy (non-hydrogen) atoms. The van der Waals surface area contributed by atoms with E-state index in [9.17, 15) is 0 Å². The first kappa shape index (κ1) is 11.1. The highest BCUT2D eigenvalue weighted by molar-refractivity contribution is 5.64. The first-order chi connectivity index (χ1) is 8.18. The normalized spacial score (nSPS) is 27.6.